The zero-order valence-corrected chi connectivity index (χ0v) is 10.1. The highest BCUT2D eigenvalue weighted by Crippen LogP contribution is 2.49. The van der Waals surface area contributed by atoms with Crippen molar-refractivity contribution in [3.63, 3.8) is 0 Å². The van der Waals surface area contributed by atoms with Crippen LogP contribution in [0.2, 0.25) is 0 Å². The lowest BCUT2D eigenvalue weighted by Crippen LogP contribution is -2.48. The highest BCUT2D eigenvalue weighted by atomic mass is 32.2. The molecule has 2 rings (SSSR count). The second-order valence-electron chi connectivity index (χ2n) is 4.80. The van der Waals surface area contributed by atoms with E-state index < -0.39 is 17.5 Å². The molecule has 0 amide bonds. The minimum absolute atomic E-state index is 0.00343. The molecule has 0 aliphatic carbocycles. The summed E-state index contributed by atoms with van der Waals surface area (Å²) in [6.07, 6.45) is -0.744. The number of fused-ring (bicyclic) bond motifs is 1. The molecule has 4 atom stereocenters. The Morgan fingerprint density at radius 3 is 2.73 bits per heavy atom. The molecule has 2 fully saturated rings. The van der Waals surface area contributed by atoms with E-state index in [0.717, 1.165) is 5.75 Å². The van der Waals surface area contributed by atoms with E-state index in [0.29, 0.717) is 0 Å². The van der Waals surface area contributed by atoms with Gasteiger partial charge >= 0.3 is 0 Å². The predicted octanol–water partition coefficient (Wildman–Crippen LogP) is 0.365. The van der Waals surface area contributed by atoms with Crippen molar-refractivity contribution in [1.82, 2.24) is 0 Å². The molecule has 2 heterocycles. The van der Waals surface area contributed by atoms with Gasteiger partial charge in [-0.2, -0.15) is 0 Å². The van der Waals surface area contributed by atoms with Crippen LogP contribution in [-0.4, -0.2) is 51.4 Å². The average Bonchev–Trinajstić information content (AvgIpc) is 2.52. The summed E-state index contributed by atoms with van der Waals surface area (Å²) in [6.45, 7) is 5.48. The second-order valence-corrected chi connectivity index (χ2v) is 5.97. The van der Waals surface area contributed by atoms with Crippen LogP contribution in [-0.2, 0) is 9.47 Å². The maximum Gasteiger partial charge on any atom is 0.164 e. The van der Waals surface area contributed by atoms with Crippen LogP contribution < -0.4 is 0 Å². The van der Waals surface area contributed by atoms with Gasteiger partial charge in [0, 0.05) is 5.75 Å². The average molecular weight is 234 g/mol. The van der Waals surface area contributed by atoms with E-state index in [9.17, 15) is 5.11 Å². The molecule has 0 saturated carbocycles. The van der Waals surface area contributed by atoms with Crippen molar-refractivity contribution in [3.8, 4) is 0 Å². The molecule has 88 valence electrons. The Hall–Kier alpha value is 0.190. The monoisotopic (exact) mass is 234 g/mol. The maximum atomic E-state index is 9.73. The molecule has 0 aromatic carbocycles. The third kappa shape index (κ3) is 1.80. The van der Waals surface area contributed by atoms with E-state index in [2.05, 4.69) is 0 Å². The number of aliphatic hydroxyl groups is 2. The molecule has 5 heteroatoms. The van der Waals surface area contributed by atoms with Crippen molar-refractivity contribution in [3.05, 3.63) is 0 Å². The van der Waals surface area contributed by atoms with Gasteiger partial charge in [-0.3, -0.25) is 0 Å². The molecule has 0 aromatic rings. The highest BCUT2D eigenvalue weighted by Gasteiger charge is 2.60. The van der Waals surface area contributed by atoms with Crippen molar-refractivity contribution in [1.29, 1.82) is 0 Å². The van der Waals surface area contributed by atoms with E-state index in [1.54, 1.807) is 11.8 Å². The highest BCUT2D eigenvalue weighted by molar-refractivity contribution is 8.00. The Balaban J connectivity index is 2.19. The molecule has 2 saturated heterocycles. The summed E-state index contributed by atoms with van der Waals surface area (Å²) in [5.74, 6) is 0.218. The molecule has 2 aliphatic rings. The van der Waals surface area contributed by atoms with Crippen molar-refractivity contribution in [2.24, 2.45) is 0 Å². The van der Waals surface area contributed by atoms with Gasteiger partial charge in [-0.05, 0) is 20.8 Å². The molecular weight excluding hydrogens is 216 g/mol. The fourth-order valence-corrected chi connectivity index (χ4v) is 4.09. The number of ether oxygens (including phenoxy) is 2. The van der Waals surface area contributed by atoms with Crippen LogP contribution in [0.25, 0.3) is 0 Å². The van der Waals surface area contributed by atoms with Crippen LogP contribution in [0.4, 0.5) is 0 Å². The Kier molecular flexibility index (Phi) is 2.80. The number of aliphatic hydroxyl groups excluding tert-OH is 2. The van der Waals surface area contributed by atoms with Gasteiger partial charge in [0.1, 0.15) is 5.60 Å². The molecule has 3 unspecified atom stereocenters. The van der Waals surface area contributed by atoms with Crippen molar-refractivity contribution in [2.45, 2.75) is 49.6 Å². The maximum absolute atomic E-state index is 9.73. The zero-order chi connectivity index (χ0) is 11.3. The van der Waals surface area contributed by atoms with Crippen LogP contribution in [0.15, 0.2) is 0 Å². The van der Waals surface area contributed by atoms with E-state index in [4.69, 9.17) is 14.6 Å². The van der Waals surface area contributed by atoms with E-state index >= 15 is 0 Å². The van der Waals surface area contributed by atoms with Gasteiger partial charge in [-0.15, -0.1) is 11.8 Å². The zero-order valence-electron chi connectivity index (χ0n) is 9.27. The van der Waals surface area contributed by atoms with Crippen LogP contribution >= 0.6 is 11.8 Å². The van der Waals surface area contributed by atoms with Crippen molar-refractivity contribution in [2.75, 3.05) is 12.4 Å². The topological polar surface area (TPSA) is 58.9 Å². The largest absolute Gasteiger partial charge is 0.394 e. The van der Waals surface area contributed by atoms with E-state index in [1.165, 1.54) is 0 Å². The fraction of sp³-hybridized carbons (Fsp3) is 1.00. The summed E-state index contributed by atoms with van der Waals surface area (Å²) >= 11 is 1.61. The number of hydrogen-bond acceptors (Lipinski definition) is 5. The van der Waals surface area contributed by atoms with Gasteiger partial charge in [0.25, 0.3) is 0 Å². The summed E-state index contributed by atoms with van der Waals surface area (Å²) < 4.78 is 11.6. The van der Waals surface area contributed by atoms with Crippen molar-refractivity contribution >= 4 is 11.8 Å². The molecule has 0 radical (unpaired) electrons. The van der Waals surface area contributed by atoms with Gasteiger partial charge in [-0.25, -0.2) is 0 Å². The van der Waals surface area contributed by atoms with E-state index in [1.807, 2.05) is 20.8 Å². The van der Waals surface area contributed by atoms with Crippen LogP contribution in [0, 0.1) is 0 Å². The Bertz CT molecular complexity index is 258. The van der Waals surface area contributed by atoms with Crippen molar-refractivity contribution < 1.29 is 19.7 Å². The smallest absolute Gasteiger partial charge is 0.164 e. The lowest BCUT2D eigenvalue weighted by molar-refractivity contribution is -0.164. The Morgan fingerprint density at radius 1 is 1.47 bits per heavy atom. The first kappa shape index (κ1) is 11.7. The molecular formula is C10H18O4S. The summed E-state index contributed by atoms with van der Waals surface area (Å²) in [6, 6.07) is 0. The van der Waals surface area contributed by atoms with Gasteiger partial charge in [0.2, 0.25) is 0 Å². The summed E-state index contributed by atoms with van der Waals surface area (Å²) in [5.41, 5.74) is -0.490. The predicted molar refractivity (Wildman–Crippen MR) is 57.8 cm³/mol. The van der Waals surface area contributed by atoms with Gasteiger partial charge in [0.15, 0.2) is 5.79 Å². The quantitative estimate of drug-likeness (QED) is 0.722. The van der Waals surface area contributed by atoms with Gasteiger partial charge in [-0.1, -0.05) is 0 Å². The van der Waals surface area contributed by atoms with Crippen LogP contribution in [0.5, 0.6) is 0 Å². The first-order valence-corrected chi connectivity index (χ1v) is 6.22. The normalized spacial score (nSPS) is 45.4. The van der Waals surface area contributed by atoms with Crippen LogP contribution in [0.3, 0.4) is 0 Å². The summed E-state index contributed by atoms with van der Waals surface area (Å²) in [7, 11) is 0. The second kappa shape index (κ2) is 3.60. The fourth-order valence-electron chi connectivity index (χ4n) is 2.47. The number of thioether (sulfide) groups is 1. The molecule has 4 nitrogen and oxygen atoms in total. The Labute approximate surface area is 94.0 Å². The third-order valence-electron chi connectivity index (χ3n) is 3.06. The van der Waals surface area contributed by atoms with E-state index in [-0.39, 0.29) is 18.0 Å². The summed E-state index contributed by atoms with van der Waals surface area (Å²) in [4.78, 5) is 0. The number of rotatable bonds is 2. The summed E-state index contributed by atoms with van der Waals surface area (Å²) in [5, 5.41) is 18.6. The minimum atomic E-state index is -0.748. The molecule has 2 N–H and O–H groups in total. The first-order valence-electron chi connectivity index (χ1n) is 5.17. The minimum Gasteiger partial charge on any atom is -0.394 e. The molecule has 0 spiro atoms. The van der Waals surface area contributed by atoms with Crippen LogP contribution in [0.1, 0.15) is 20.8 Å². The molecule has 2 aliphatic heterocycles. The first-order chi connectivity index (χ1) is 6.89. The SMILES string of the molecule is CC1(C)OC2CS[C@@H](C(O)CO)C2(C)O1. The van der Waals surface area contributed by atoms with Gasteiger partial charge in [0.05, 0.1) is 24.1 Å². The lowest BCUT2D eigenvalue weighted by atomic mass is 9.93. The Morgan fingerprint density at radius 2 is 2.13 bits per heavy atom. The molecule has 15 heavy (non-hydrogen) atoms. The standard InChI is InChI=1S/C10H18O4S/c1-9(2)13-7-5-15-8(6(12)4-11)10(7,3)14-9/h6-8,11-12H,4-5H2,1-3H3/t6?,7?,8-,10?/m0/s1. The molecule has 0 aromatic heterocycles. The third-order valence-corrected chi connectivity index (χ3v) is 4.70. The number of hydrogen-bond donors (Lipinski definition) is 2. The molecule has 0 bridgehead atoms. The van der Waals surface area contributed by atoms with Gasteiger partial charge < -0.3 is 19.7 Å². The lowest BCUT2D eigenvalue weighted by Gasteiger charge is -2.32.